The van der Waals surface area contributed by atoms with Crippen molar-refractivity contribution in [3.05, 3.63) is 0 Å². The zero-order valence-electron chi connectivity index (χ0n) is 15.7. The van der Waals surface area contributed by atoms with Crippen molar-refractivity contribution < 1.29 is 13.2 Å². The summed E-state index contributed by atoms with van der Waals surface area (Å²) in [5, 5.41) is 6.58. The topological polar surface area (TPSA) is 91.8 Å². The molecule has 1 heterocycles. The van der Waals surface area contributed by atoms with Crippen molar-refractivity contribution in [2.75, 3.05) is 39.5 Å². The summed E-state index contributed by atoms with van der Waals surface area (Å²) in [6.45, 7) is 9.41. The smallest absolute Gasteiger partial charge is 0.208 e. The lowest BCUT2D eigenvalue weighted by Gasteiger charge is -2.40. The van der Waals surface area contributed by atoms with Crippen LogP contribution in [0.1, 0.15) is 40.0 Å². The van der Waals surface area contributed by atoms with Gasteiger partial charge >= 0.3 is 0 Å². The minimum atomic E-state index is -3.11. The van der Waals surface area contributed by atoms with Gasteiger partial charge in [0.2, 0.25) is 10.0 Å². The lowest BCUT2D eigenvalue weighted by atomic mass is 9.78. The maximum Gasteiger partial charge on any atom is 0.208 e. The maximum atomic E-state index is 11.0. The minimum absolute atomic E-state index is 0.126. The van der Waals surface area contributed by atoms with E-state index in [1.165, 1.54) is 6.26 Å². The number of guanidine groups is 1. The summed E-state index contributed by atoms with van der Waals surface area (Å²) in [6.07, 6.45) is 4.37. The molecule has 3 N–H and O–H groups in total. The molecule has 0 aromatic carbocycles. The molecule has 0 spiro atoms. The molecule has 0 bridgehead atoms. The third-order valence-corrected chi connectivity index (χ3v) is 4.79. The Balaban J connectivity index is 2.35. The van der Waals surface area contributed by atoms with Crippen molar-refractivity contribution in [3.63, 3.8) is 0 Å². The van der Waals surface area contributed by atoms with E-state index in [0.29, 0.717) is 25.4 Å². The Labute approximate surface area is 147 Å². The van der Waals surface area contributed by atoms with Crippen LogP contribution in [0.5, 0.6) is 0 Å². The van der Waals surface area contributed by atoms with E-state index in [4.69, 9.17) is 4.74 Å². The first-order valence-corrected chi connectivity index (χ1v) is 10.5. The van der Waals surface area contributed by atoms with Gasteiger partial charge < -0.3 is 15.4 Å². The van der Waals surface area contributed by atoms with Crippen LogP contribution in [0, 0.1) is 11.3 Å². The molecule has 7 nitrogen and oxygen atoms in total. The molecule has 0 radical (unpaired) electrons. The van der Waals surface area contributed by atoms with Crippen LogP contribution in [-0.2, 0) is 14.8 Å². The molecule has 0 aliphatic carbocycles. The highest BCUT2D eigenvalue weighted by atomic mass is 32.2. The number of aliphatic imine (C=N–C) groups is 1. The fourth-order valence-corrected chi connectivity index (χ4v) is 3.53. The van der Waals surface area contributed by atoms with Gasteiger partial charge in [0.05, 0.1) is 12.4 Å². The molecule has 2 unspecified atom stereocenters. The van der Waals surface area contributed by atoms with Crippen LogP contribution in [0.25, 0.3) is 0 Å². The van der Waals surface area contributed by atoms with E-state index in [1.807, 2.05) is 0 Å². The van der Waals surface area contributed by atoms with E-state index in [9.17, 15) is 8.42 Å². The Morgan fingerprint density at radius 2 is 1.96 bits per heavy atom. The van der Waals surface area contributed by atoms with E-state index in [2.05, 4.69) is 41.1 Å². The monoisotopic (exact) mass is 362 g/mol. The molecule has 1 aliphatic heterocycles. The number of ether oxygens (including phenoxy) is 1. The number of hydrogen-bond acceptors (Lipinski definition) is 4. The third-order valence-electron chi connectivity index (χ3n) is 4.06. The molecule has 2 atom stereocenters. The normalized spacial score (nSPS) is 23.1. The van der Waals surface area contributed by atoms with E-state index in [1.54, 1.807) is 7.05 Å². The Kier molecular flexibility index (Phi) is 8.45. The second-order valence-electron chi connectivity index (χ2n) is 7.46. The van der Waals surface area contributed by atoms with Crippen LogP contribution < -0.4 is 15.4 Å². The van der Waals surface area contributed by atoms with Gasteiger partial charge in [-0.2, -0.15) is 0 Å². The summed E-state index contributed by atoms with van der Waals surface area (Å²) in [5.41, 5.74) is 0.126. The second-order valence-corrected chi connectivity index (χ2v) is 9.29. The van der Waals surface area contributed by atoms with Crippen LogP contribution in [-0.4, -0.2) is 60.0 Å². The summed E-state index contributed by atoms with van der Waals surface area (Å²) < 4.78 is 30.5. The molecule has 24 heavy (non-hydrogen) atoms. The molecule has 0 amide bonds. The average molecular weight is 363 g/mol. The van der Waals surface area contributed by atoms with Crippen molar-refractivity contribution in [2.45, 2.75) is 46.1 Å². The molecular weight excluding hydrogens is 328 g/mol. The van der Waals surface area contributed by atoms with Crippen LogP contribution in [0.2, 0.25) is 0 Å². The van der Waals surface area contributed by atoms with Crippen LogP contribution in [0.15, 0.2) is 4.99 Å². The highest BCUT2D eigenvalue weighted by Gasteiger charge is 2.35. The first kappa shape index (κ1) is 21.2. The molecule has 0 saturated carbocycles. The Hall–Kier alpha value is -0.860. The van der Waals surface area contributed by atoms with Gasteiger partial charge in [0.15, 0.2) is 5.96 Å². The number of rotatable bonds is 7. The van der Waals surface area contributed by atoms with Crippen LogP contribution in [0.4, 0.5) is 0 Å². The molecule has 0 aromatic heterocycles. The summed E-state index contributed by atoms with van der Waals surface area (Å²) in [6, 6.07) is 0. The SMILES string of the molecule is CN=C(NCCCNS(C)(=O)=O)NCC1CCCOC1C(C)(C)C. The first-order chi connectivity index (χ1) is 11.1. The van der Waals surface area contributed by atoms with Gasteiger partial charge in [-0.25, -0.2) is 13.1 Å². The molecule has 8 heteroatoms. The van der Waals surface area contributed by atoms with Crippen molar-refractivity contribution in [3.8, 4) is 0 Å². The Bertz CT molecular complexity index is 500. The van der Waals surface area contributed by atoms with E-state index >= 15 is 0 Å². The van der Waals surface area contributed by atoms with Crippen molar-refractivity contribution in [2.24, 2.45) is 16.3 Å². The van der Waals surface area contributed by atoms with E-state index in [0.717, 1.165) is 32.0 Å². The average Bonchev–Trinajstić information content (AvgIpc) is 2.48. The predicted molar refractivity (Wildman–Crippen MR) is 98.7 cm³/mol. The van der Waals surface area contributed by atoms with Gasteiger partial charge in [-0.15, -0.1) is 0 Å². The Morgan fingerprint density at radius 3 is 2.54 bits per heavy atom. The number of hydrogen-bond donors (Lipinski definition) is 3. The fourth-order valence-electron chi connectivity index (χ4n) is 3.01. The number of nitrogens with one attached hydrogen (secondary N) is 3. The molecule has 142 valence electrons. The molecular formula is C16H34N4O3S. The highest BCUT2D eigenvalue weighted by Crippen LogP contribution is 2.33. The molecule has 1 saturated heterocycles. The van der Waals surface area contributed by atoms with Crippen LogP contribution in [0.3, 0.4) is 0 Å². The van der Waals surface area contributed by atoms with E-state index in [-0.39, 0.29) is 11.5 Å². The summed E-state index contributed by atoms with van der Waals surface area (Å²) in [4.78, 5) is 4.22. The van der Waals surface area contributed by atoms with Gasteiger partial charge in [-0.05, 0) is 24.7 Å². The first-order valence-electron chi connectivity index (χ1n) is 8.64. The highest BCUT2D eigenvalue weighted by molar-refractivity contribution is 7.88. The summed E-state index contributed by atoms with van der Waals surface area (Å²) in [5.74, 6) is 1.21. The Morgan fingerprint density at radius 1 is 1.25 bits per heavy atom. The van der Waals surface area contributed by atoms with Gasteiger partial charge in [-0.1, -0.05) is 20.8 Å². The van der Waals surface area contributed by atoms with Gasteiger partial charge in [-0.3, -0.25) is 4.99 Å². The summed E-state index contributed by atoms with van der Waals surface area (Å²) in [7, 11) is -1.37. The van der Waals surface area contributed by atoms with Gasteiger partial charge in [0.25, 0.3) is 0 Å². The van der Waals surface area contributed by atoms with Crippen LogP contribution >= 0.6 is 0 Å². The van der Waals surface area contributed by atoms with Crippen molar-refractivity contribution in [1.29, 1.82) is 0 Å². The largest absolute Gasteiger partial charge is 0.377 e. The van der Waals surface area contributed by atoms with Gasteiger partial charge in [0, 0.05) is 39.2 Å². The summed E-state index contributed by atoms with van der Waals surface area (Å²) >= 11 is 0. The maximum absolute atomic E-state index is 11.0. The zero-order chi connectivity index (χ0) is 18.2. The zero-order valence-corrected chi connectivity index (χ0v) is 16.5. The third kappa shape index (κ3) is 8.30. The van der Waals surface area contributed by atoms with E-state index < -0.39 is 10.0 Å². The second kappa shape index (κ2) is 9.58. The molecule has 1 rings (SSSR count). The minimum Gasteiger partial charge on any atom is -0.377 e. The van der Waals surface area contributed by atoms with Gasteiger partial charge in [0.1, 0.15) is 0 Å². The quantitative estimate of drug-likeness (QED) is 0.356. The lowest BCUT2D eigenvalue weighted by Crippen LogP contribution is -2.47. The van der Waals surface area contributed by atoms with Crippen molar-refractivity contribution >= 4 is 16.0 Å². The fraction of sp³-hybridized carbons (Fsp3) is 0.938. The molecule has 1 fully saturated rings. The molecule has 0 aromatic rings. The van der Waals surface area contributed by atoms with Crippen molar-refractivity contribution in [1.82, 2.24) is 15.4 Å². The predicted octanol–water partition coefficient (Wildman–Crippen LogP) is 0.932. The molecule has 1 aliphatic rings. The number of sulfonamides is 1. The lowest BCUT2D eigenvalue weighted by molar-refractivity contribution is -0.0835. The standard InChI is InChI=1S/C16H34N4O3S/c1-16(2,3)14-13(8-6-11-23-14)12-19-15(17-4)18-9-7-10-20-24(5,21)22/h13-14,20H,6-12H2,1-5H3,(H2,17,18,19). The number of nitrogens with zero attached hydrogens (tertiary/aromatic N) is 1.